The summed E-state index contributed by atoms with van der Waals surface area (Å²) in [5.74, 6) is -0.0128. The first kappa shape index (κ1) is 22.5. The van der Waals surface area contributed by atoms with Crippen molar-refractivity contribution in [1.29, 1.82) is 0 Å². The van der Waals surface area contributed by atoms with Gasteiger partial charge in [0.25, 0.3) is 5.91 Å². The lowest BCUT2D eigenvalue weighted by Crippen LogP contribution is -2.22. The van der Waals surface area contributed by atoms with Crippen molar-refractivity contribution in [2.24, 2.45) is 5.14 Å². The van der Waals surface area contributed by atoms with Gasteiger partial charge in [-0.05, 0) is 51.9 Å². The molecule has 0 aromatic heterocycles. The second-order valence-electron chi connectivity index (χ2n) is 8.31. The van der Waals surface area contributed by atoms with Crippen LogP contribution in [0.25, 0.3) is 11.1 Å². The summed E-state index contributed by atoms with van der Waals surface area (Å²) in [6.45, 7) is 6.96. The Bertz CT molecular complexity index is 1150. The number of hydrogen-bond acceptors (Lipinski definition) is 4. The summed E-state index contributed by atoms with van der Waals surface area (Å²) >= 11 is 0. The minimum Gasteiger partial charge on any atom is -0.371 e. The molecule has 0 unspecified atom stereocenters. The molecular weight excluding hydrogens is 412 g/mol. The molecule has 0 saturated heterocycles. The summed E-state index contributed by atoms with van der Waals surface area (Å²) in [6.07, 6.45) is 0. The van der Waals surface area contributed by atoms with Crippen LogP contribution >= 0.6 is 0 Å². The first-order chi connectivity index (χ1) is 14.5. The van der Waals surface area contributed by atoms with Gasteiger partial charge in [-0.25, -0.2) is 0 Å². The van der Waals surface area contributed by atoms with Gasteiger partial charge in [-0.15, -0.1) is 0 Å². The molecule has 0 saturated carbocycles. The number of benzene rings is 3. The second kappa shape index (κ2) is 8.91. The maximum atomic E-state index is 12.5. The number of carbonyl (C=O) groups is 1. The molecule has 0 bridgehead atoms. The highest BCUT2D eigenvalue weighted by atomic mass is 32.2. The number of carbonyl (C=O) groups excluding carboxylic acids is 1. The van der Waals surface area contributed by atoms with Crippen molar-refractivity contribution < 1.29 is 17.4 Å². The summed E-state index contributed by atoms with van der Waals surface area (Å²) in [5.41, 5.74) is 4.69. The fraction of sp³-hybridized carbons (Fsp3) is 0.208. The number of amides is 1. The molecule has 162 valence electrons. The maximum absolute atomic E-state index is 12.5. The molecule has 0 aliphatic heterocycles. The molecule has 0 aliphatic carbocycles. The average Bonchev–Trinajstić information content (AvgIpc) is 2.71. The van der Waals surface area contributed by atoms with E-state index in [0.29, 0.717) is 12.1 Å². The molecule has 7 heteroatoms. The van der Waals surface area contributed by atoms with E-state index in [2.05, 4.69) is 42.4 Å². The van der Waals surface area contributed by atoms with Crippen molar-refractivity contribution >= 4 is 16.2 Å². The third kappa shape index (κ3) is 6.41. The first-order valence-electron chi connectivity index (χ1n) is 9.82. The van der Waals surface area contributed by atoms with Crippen molar-refractivity contribution in [3.63, 3.8) is 0 Å². The van der Waals surface area contributed by atoms with E-state index in [-0.39, 0.29) is 17.1 Å². The summed E-state index contributed by atoms with van der Waals surface area (Å²) < 4.78 is 26.6. The summed E-state index contributed by atoms with van der Waals surface area (Å²) in [7, 11) is -4.05. The monoisotopic (exact) mass is 438 g/mol. The Morgan fingerprint density at radius 2 is 1.39 bits per heavy atom. The number of hydrogen-bond donors (Lipinski definition) is 2. The van der Waals surface area contributed by atoms with E-state index in [1.165, 1.54) is 17.7 Å². The molecule has 3 N–H and O–H groups in total. The summed E-state index contributed by atoms with van der Waals surface area (Å²) in [6, 6.07) is 21.9. The Kier molecular flexibility index (Phi) is 6.48. The Balaban J connectivity index is 1.61. The number of rotatable bonds is 6. The molecular formula is C24H26N2O4S. The SMILES string of the molecule is CC(C)(C)c1ccc(CNC(=O)c2ccc(-c3ccc(OS(N)(=O)=O)cc3)cc2)cc1. The average molecular weight is 439 g/mol. The lowest BCUT2D eigenvalue weighted by molar-refractivity contribution is 0.0951. The van der Waals surface area contributed by atoms with Crippen LogP contribution in [-0.2, 0) is 22.3 Å². The Labute approximate surface area is 183 Å². The fourth-order valence-corrected chi connectivity index (χ4v) is 3.44. The van der Waals surface area contributed by atoms with Crippen LogP contribution < -0.4 is 14.6 Å². The van der Waals surface area contributed by atoms with Gasteiger partial charge in [0.05, 0.1) is 0 Å². The van der Waals surface area contributed by atoms with Gasteiger partial charge >= 0.3 is 10.3 Å². The van der Waals surface area contributed by atoms with Gasteiger partial charge in [0.15, 0.2) is 0 Å². The molecule has 31 heavy (non-hydrogen) atoms. The summed E-state index contributed by atoms with van der Waals surface area (Å²) in [5, 5.41) is 7.80. The van der Waals surface area contributed by atoms with E-state index in [1.54, 1.807) is 24.3 Å². The van der Waals surface area contributed by atoms with Crippen LogP contribution in [0.15, 0.2) is 72.8 Å². The van der Waals surface area contributed by atoms with Gasteiger partial charge in [0, 0.05) is 12.1 Å². The van der Waals surface area contributed by atoms with E-state index in [1.807, 2.05) is 24.3 Å². The molecule has 0 radical (unpaired) electrons. The predicted octanol–water partition coefficient (Wildman–Crippen LogP) is 4.16. The third-order valence-corrected chi connectivity index (χ3v) is 5.24. The van der Waals surface area contributed by atoms with Crippen LogP contribution in [-0.4, -0.2) is 14.3 Å². The topological polar surface area (TPSA) is 98.5 Å². The number of nitrogens with two attached hydrogens (primary N) is 1. The van der Waals surface area contributed by atoms with Crippen molar-refractivity contribution in [1.82, 2.24) is 5.32 Å². The highest BCUT2D eigenvalue weighted by molar-refractivity contribution is 7.84. The largest absolute Gasteiger partial charge is 0.380 e. The quantitative estimate of drug-likeness (QED) is 0.604. The lowest BCUT2D eigenvalue weighted by Gasteiger charge is -2.19. The summed E-state index contributed by atoms with van der Waals surface area (Å²) in [4.78, 5) is 12.5. The van der Waals surface area contributed by atoms with E-state index in [4.69, 9.17) is 5.14 Å². The Hall–Kier alpha value is -3.16. The zero-order valence-electron chi connectivity index (χ0n) is 17.8. The van der Waals surface area contributed by atoms with Crippen molar-refractivity contribution in [2.75, 3.05) is 0 Å². The molecule has 1 amide bonds. The van der Waals surface area contributed by atoms with Crippen molar-refractivity contribution in [2.45, 2.75) is 32.7 Å². The van der Waals surface area contributed by atoms with Gasteiger partial charge < -0.3 is 9.50 Å². The minimum atomic E-state index is -4.05. The van der Waals surface area contributed by atoms with Gasteiger partial charge in [-0.1, -0.05) is 69.3 Å². The van der Waals surface area contributed by atoms with Gasteiger partial charge in [-0.2, -0.15) is 13.6 Å². The van der Waals surface area contributed by atoms with E-state index in [9.17, 15) is 13.2 Å². The molecule has 0 spiro atoms. The zero-order chi connectivity index (χ0) is 22.6. The highest BCUT2D eigenvalue weighted by Crippen LogP contribution is 2.24. The lowest BCUT2D eigenvalue weighted by atomic mass is 9.87. The number of nitrogens with one attached hydrogen (secondary N) is 1. The van der Waals surface area contributed by atoms with Gasteiger partial charge in [0.1, 0.15) is 5.75 Å². The third-order valence-electron chi connectivity index (χ3n) is 4.82. The second-order valence-corrected chi connectivity index (χ2v) is 9.46. The van der Waals surface area contributed by atoms with Gasteiger partial charge in [-0.3, -0.25) is 4.79 Å². The van der Waals surface area contributed by atoms with E-state index >= 15 is 0 Å². The molecule has 0 fully saturated rings. The highest BCUT2D eigenvalue weighted by Gasteiger charge is 2.13. The molecule has 3 aromatic rings. The molecule has 3 rings (SSSR count). The smallest absolute Gasteiger partial charge is 0.371 e. The van der Waals surface area contributed by atoms with Crippen LogP contribution in [0.4, 0.5) is 0 Å². The van der Waals surface area contributed by atoms with Crippen LogP contribution in [0.1, 0.15) is 42.3 Å². The van der Waals surface area contributed by atoms with Crippen molar-refractivity contribution in [3.8, 4) is 16.9 Å². The normalized spacial score (nSPS) is 11.7. The molecule has 0 heterocycles. The Morgan fingerprint density at radius 1 is 0.871 bits per heavy atom. The molecule has 0 aliphatic rings. The zero-order valence-corrected chi connectivity index (χ0v) is 18.6. The standard InChI is InChI=1S/C24H26N2O4S/c1-24(2,3)21-12-4-17(5-13-21)16-26-23(27)20-8-6-18(7-9-20)19-10-14-22(15-11-19)30-31(25,28)29/h4-15H,16H2,1-3H3,(H,26,27)(H2,25,28,29). The molecule has 6 nitrogen and oxygen atoms in total. The fourth-order valence-electron chi connectivity index (χ4n) is 3.06. The van der Waals surface area contributed by atoms with Crippen LogP contribution in [0.2, 0.25) is 0 Å². The molecule has 3 aromatic carbocycles. The minimum absolute atomic E-state index is 0.0962. The van der Waals surface area contributed by atoms with Crippen LogP contribution in [0.3, 0.4) is 0 Å². The van der Waals surface area contributed by atoms with E-state index < -0.39 is 10.3 Å². The van der Waals surface area contributed by atoms with Crippen LogP contribution in [0, 0.1) is 0 Å². The Morgan fingerprint density at radius 3 is 1.87 bits per heavy atom. The van der Waals surface area contributed by atoms with Crippen LogP contribution in [0.5, 0.6) is 5.75 Å². The maximum Gasteiger partial charge on any atom is 0.380 e. The molecule has 0 atom stereocenters. The van der Waals surface area contributed by atoms with Gasteiger partial charge in [0.2, 0.25) is 0 Å². The van der Waals surface area contributed by atoms with E-state index in [0.717, 1.165) is 16.7 Å². The predicted molar refractivity (Wildman–Crippen MR) is 122 cm³/mol. The first-order valence-corrected chi connectivity index (χ1v) is 11.3. The van der Waals surface area contributed by atoms with Crippen molar-refractivity contribution in [3.05, 3.63) is 89.5 Å².